The lowest BCUT2D eigenvalue weighted by molar-refractivity contribution is -0.124. The minimum Gasteiger partial charge on any atom is -0.507 e. The van der Waals surface area contributed by atoms with Gasteiger partial charge in [0, 0.05) is 22.7 Å². The smallest absolute Gasteiger partial charge is 0.412 e. The first kappa shape index (κ1) is 24.3. The highest BCUT2D eigenvalue weighted by atomic mass is 16.6. The molecule has 0 bridgehead atoms. The number of anilines is 1. The van der Waals surface area contributed by atoms with Crippen LogP contribution in [0, 0.1) is 17.2 Å². The molecule has 0 spiro atoms. The van der Waals surface area contributed by atoms with Crippen molar-refractivity contribution in [1.29, 1.82) is 5.26 Å². The first-order valence-corrected chi connectivity index (χ1v) is 10.7. The van der Waals surface area contributed by atoms with Crippen molar-refractivity contribution in [3.8, 4) is 11.8 Å². The van der Waals surface area contributed by atoms with E-state index in [-0.39, 0.29) is 11.7 Å². The summed E-state index contributed by atoms with van der Waals surface area (Å²) in [6.07, 6.45) is 2.65. The van der Waals surface area contributed by atoms with E-state index in [0.29, 0.717) is 29.5 Å². The number of amides is 2. The van der Waals surface area contributed by atoms with Crippen LogP contribution in [0.3, 0.4) is 0 Å². The van der Waals surface area contributed by atoms with Crippen LogP contribution in [-0.2, 0) is 9.53 Å². The average Bonchev–Trinajstić information content (AvgIpc) is 2.86. The number of hydrogen-bond acceptors (Lipinski definition) is 6. The van der Waals surface area contributed by atoms with Gasteiger partial charge in [0.25, 0.3) is 5.91 Å². The SMILES string of the molecule is C[C@@H](CC/C=C/C(=O)NO)[C@H](OC(=O)Nc1ccc(C#N)cc1)c1ccc(O)c2ccccc12. The second kappa shape index (κ2) is 11.5. The quantitative estimate of drug-likeness (QED) is 0.208. The minimum atomic E-state index is -0.658. The lowest BCUT2D eigenvalue weighted by atomic mass is 9.89. The third-order valence-electron chi connectivity index (χ3n) is 5.42. The van der Waals surface area contributed by atoms with E-state index in [1.165, 1.54) is 11.6 Å². The van der Waals surface area contributed by atoms with E-state index in [0.717, 1.165) is 10.9 Å². The van der Waals surface area contributed by atoms with Crippen LogP contribution in [0.15, 0.2) is 72.8 Å². The molecule has 0 radical (unpaired) electrons. The lowest BCUT2D eigenvalue weighted by Gasteiger charge is -2.26. The molecular weight excluding hydrogens is 434 g/mol. The standard InChI is InChI=1S/C26H25N3O5/c1-17(6-2-5-9-24(31)29-33)25(22-14-15-23(30)21-8-4-3-7-20(21)22)34-26(32)28-19-12-10-18(16-27)11-13-19/h3-5,7-15,17,25,30,33H,2,6H2,1H3,(H,28,32)(H,29,31)/b9-5+/t17-,25-/m0/s1. The van der Waals surface area contributed by atoms with Gasteiger partial charge in [0.2, 0.25) is 0 Å². The van der Waals surface area contributed by atoms with Crippen LogP contribution in [-0.4, -0.2) is 22.3 Å². The molecule has 0 heterocycles. The molecule has 8 heteroatoms. The van der Waals surface area contributed by atoms with E-state index < -0.39 is 18.1 Å². The van der Waals surface area contributed by atoms with Crippen molar-refractivity contribution in [2.24, 2.45) is 5.92 Å². The summed E-state index contributed by atoms with van der Waals surface area (Å²) in [7, 11) is 0. The first-order valence-electron chi connectivity index (χ1n) is 10.7. The lowest BCUT2D eigenvalue weighted by Crippen LogP contribution is -2.22. The van der Waals surface area contributed by atoms with Crippen LogP contribution < -0.4 is 10.8 Å². The van der Waals surface area contributed by atoms with Crippen molar-refractivity contribution < 1.29 is 24.6 Å². The van der Waals surface area contributed by atoms with Crippen LogP contribution in [0.4, 0.5) is 10.5 Å². The maximum atomic E-state index is 12.8. The number of ether oxygens (including phenoxy) is 1. The zero-order valence-corrected chi connectivity index (χ0v) is 18.6. The zero-order chi connectivity index (χ0) is 24.5. The third-order valence-corrected chi connectivity index (χ3v) is 5.42. The van der Waals surface area contributed by atoms with Gasteiger partial charge in [-0.15, -0.1) is 0 Å². The number of nitriles is 1. The number of hydrogen-bond donors (Lipinski definition) is 4. The van der Waals surface area contributed by atoms with Crippen molar-refractivity contribution >= 4 is 28.5 Å². The van der Waals surface area contributed by atoms with Crippen molar-refractivity contribution in [2.75, 3.05) is 5.32 Å². The van der Waals surface area contributed by atoms with Crippen LogP contribution >= 0.6 is 0 Å². The second-order valence-electron chi connectivity index (χ2n) is 7.79. The Bertz CT molecular complexity index is 1230. The van der Waals surface area contributed by atoms with E-state index >= 15 is 0 Å². The fourth-order valence-electron chi connectivity index (χ4n) is 3.67. The summed E-state index contributed by atoms with van der Waals surface area (Å²) >= 11 is 0. The molecule has 0 aliphatic heterocycles. The van der Waals surface area contributed by atoms with Crippen LogP contribution in [0.2, 0.25) is 0 Å². The van der Waals surface area contributed by atoms with Crippen molar-refractivity contribution in [2.45, 2.75) is 25.9 Å². The highest BCUT2D eigenvalue weighted by molar-refractivity contribution is 5.91. The molecule has 0 aliphatic rings. The number of fused-ring (bicyclic) bond motifs is 1. The fourth-order valence-corrected chi connectivity index (χ4v) is 3.67. The Hall–Kier alpha value is -4.35. The predicted octanol–water partition coefficient (Wildman–Crippen LogP) is 5.18. The molecule has 0 aliphatic carbocycles. The van der Waals surface area contributed by atoms with Gasteiger partial charge in [-0.1, -0.05) is 43.3 Å². The number of nitrogens with zero attached hydrogens (tertiary/aromatic N) is 1. The molecule has 0 fully saturated rings. The molecule has 0 saturated heterocycles. The molecule has 2 amide bonds. The van der Waals surface area contributed by atoms with Crippen LogP contribution in [0.25, 0.3) is 10.8 Å². The molecule has 0 saturated carbocycles. The van der Waals surface area contributed by atoms with Crippen LogP contribution in [0.5, 0.6) is 5.75 Å². The molecule has 34 heavy (non-hydrogen) atoms. The molecule has 4 N–H and O–H groups in total. The molecule has 174 valence electrons. The van der Waals surface area contributed by atoms with Gasteiger partial charge < -0.3 is 9.84 Å². The average molecular weight is 460 g/mol. The Morgan fingerprint density at radius 1 is 1.09 bits per heavy atom. The maximum Gasteiger partial charge on any atom is 0.412 e. The number of nitrogens with one attached hydrogen (secondary N) is 2. The molecule has 8 nitrogen and oxygen atoms in total. The second-order valence-corrected chi connectivity index (χ2v) is 7.79. The Morgan fingerprint density at radius 2 is 1.79 bits per heavy atom. The monoisotopic (exact) mass is 459 g/mol. The Kier molecular flexibility index (Phi) is 8.21. The highest BCUT2D eigenvalue weighted by Crippen LogP contribution is 2.37. The van der Waals surface area contributed by atoms with Gasteiger partial charge in [-0.25, -0.2) is 10.3 Å². The Labute approximate surface area is 197 Å². The maximum absolute atomic E-state index is 12.8. The predicted molar refractivity (Wildman–Crippen MR) is 127 cm³/mol. The van der Waals surface area contributed by atoms with E-state index in [4.69, 9.17) is 15.2 Å². The normalized spacial score (nSPS) is 12.6. The zero-order valence-electron chi connectivity index (χ0n) is 18.6. The number of allylic oxidation sites excluding steroid dienone is 1. The number of carbonyl (C=O) groups is 2. The van der Waals surface area contributed by atoms with Gasteiger partial charge in [-0.2, -0.15) is 5.26 Å². The summed E-state index contributed by atoms with van der Waals surface area (Å²) in [4.78, 5) is 24.0. The summed E-state index contributed by atoms with van der Waals surface area (Å²) in [5, 5.41) is 31.9. The summed E-state index contributed by atoms with van der Waals surface area (Å²) in [6, 6.07) is 19.1. The summed E-state index contributed by atoms with van der Waals surface area (Å²) < 4.78 is 5.87. The van der Waals surface area contributed by atoms with E-state index in [9.17, 15) is 14.7 Å². The summed E-state index contributed by atoms with van der Waals surface area (Å²) in [5.41, 5.74) is 3.25. The van der Waals surface area contributed by atoms with Gasteiger partial charge in [-0.05, 0) is 54.5 Å². The molecule has 2 atom stereocenters. The molecule has 3 aromatic rings. The third kappa shape index (κ3) is 6.12. The van der Waals surface area contributed by atoms with E-state index in [2.05, 4.69) is 5.32 Å². The number of carbonyl (C=O) groups excluding carboxylic acids is 2. The van der Waals surface area contributed by atoms with E-state index in [1.54, 1.807) is 48.5 Å². The molecule has 0 unspecified atom stereocenters. The largest absolute Gasteiger partial charge is 0.507 e. The van der Waals surface area contributed by atoms with Gasteiger partial charge in [0.1, 0.15) is 11.9 Å². The number of rotatable bonds is 8. The van der Waals surface area contributed by atoms with Gasteiger partial charge in [0.05, 0.1) is 11.6 Å². The van der Waals surface area contributed by atoms with Gasteiger partial charge in [-0.3, -0.25) is 15.3 Å². The minimum absolute atomic E-state index is 0.130. The molecular formula is C26H25N3O5. The fraction of sp³-hybridized carbons (Fsp3) is 0.192. The molecule has 3 aromatic carbocycles. The summed E-state index contributed by atoms with van der Waals surface area (Å²) in [6.45, 7) is 1.93. The Balaban J connectivity index is 1.85. The number of benzene rings is 3. The topological polar surface area (TPSA) is 132 Å². The van der Waals surface area contributed by atoms with Crippen molar-refractivity contribution in [1.82, 2.24) is 5.48 Å². The first-order chi connectivity index (χ1) is 16.4. The van der Waals surface area contributed by atoms with Crippen LogP contribution in [0.1, 0.15) is 37.0 Å². The number of phenols is 1. The van der Waals surface area contributed by atoms with Crippen molar-refractivity contribution in [3.63, 3.8) is 0 Å². The summed E-state index contributed by atoms with van der Waals surface area (Å²) in [5.74, 6) is -0.640. The van der Waals surface area contributed by atoms with Crippen molar-refractivity contribution in [3.05, 3.63) is 83.9 Å². The number of phenolic OH excluding ortho intramolecular Hbond substituents is 1. The van der Waals surface area contributed by atoms with Gasteiger partial charge >= 0.3 is 6.09 Å². The van der Waals surface area contributed by atoms with E-state index in [1.807, 2.05) is 31.2 Å². The number of aromatic hydroxyl groups is 1. The number of hydroxylamine groups is 1. The molecule has 3 rings (SSSR count). The highest BCUT2D eigenvalue weighted by Gasteiger charge is 2.26. The van der Waals surface area contributed by atoms with Gasteiger partial charge in [0.15, 0.2) is 0 Å². The molecule has 0 aromatic heterocycles. The Morgan fingerprint density at radius 3 is 2.47 bits per heavy atom.